The predicted molar refractivity (Wildman–Crippen MR) is 80.7 cm³/mol. The molecule has 0 aliphatic heterocycles. The van der Waals surface area contributed by atoms with Gasteiger partial charge in [-0.25, -0.2) is 0 Å². The Labute approximate surface area is 117 Å². The maximum absolute atomic E-state index is 10.3. The van der Waals surface area contributed by atoms with Crippen molar-refractivity contribution in [2.24, 2.45) is 0 Å². The van der Waals surface area contributed by atoms with Crippen LogP contribution in [0.1, 0.15) is 23.7 Å². The molecule has 1 aliphatic rings. The Morgan fingerprint density at radius 1 is 0.800 bits per heavy atom. The van der Waals surface area contributed by atoms with Gasteiger partial charge in [0.15, 0.2) is 0 Å². The van der Waals surface area contributed by atoms with Crippen LogP contribution < -0.4 is 0 Å². The SMILES string of the molecule is O[C@@H]1CCc2ccc3c(ccc4ccccc43)c2[C@@H]1O. The molecule has 0 bridgehead atoms. The lowest BCUT2D eigenvalue weighted by molar-refractivity contribution is 0.00747. The molecule has 100 valence electrons. The van der Waals surface area contributed by atoms with Crippen molar-refractivity contribution in [1.29, 1.82) is 0 Å². The van der Waals surface area contributed by atoms with Gasteiger partial charge in [-0.1, -0.05) is 48.5 Å². The molecule has 3 aromatic rings. The topological polar surface area (TPSA) is 40.5 Å². The fourth-order valence-corrected chi connectivity index (χ4v) is 3.38. The van der Waals surface area contributed by atoms with Crippen LogP contribution in [0, 0.1) is 0 Å². The van der Waals surface area contributed by atoms with Crippen molar-refractivity contribution in [3.63, 3.8) is 0 Å². The molecule has 0 heterocycles. The van der Waals surface area contributed by atoms with Crippen molar-refractivity contribution in [3.05, 3.63) is 59.7 Å². The van der Waals surface area contributed by atoms with Crippen molar-refractivity contribution >= 4 is 21.5 Å². The zero-order chi connectivity index (χ0) is 13.7. The molecule has 0 amide bonds. The summed E-state index contributed by atoms with van der Waals surface area (Å²) in [6.45, 7) is 0. The number of aryl methyl sites for hydroxylation is 1. The van der Waals surface area contributed by atoms with Crippen LogP contribution in [0.15, 0.2) is 48.5 Å². The lowest BCUT2D eigenvalue weighted by atomic mass is 9.83. The molecule has 2 nitrogen and oxygen atoms in total. The molecular formula is C18H16O2. The van der Waals surface area contributed by atoms with Gasteiger partial charge in [0.2, 0.25) is 0 Å². The van der Waals surface area contributed by atoms with E-state index in [1.807, 2.05) is 12.1 Å². The largest absolute Gasteiger partial charge is 0.390 e. The van der Waals surface area contributed by atoms with E-state index in [9.17, 15) is 10.2 Å². The maximum atomic E-state index is 10.3. The van der Waals surface area contributed by atoms with Gasteiger partial charge < -0.3 is 10.2 Å². The quantitative estimate of drug-likeness (QED) is 0.611. The van der Waals surface area contributed by atoms with Crippen molar-refractivity contribution in [2.75, 3.05) is 0 Å². The van der Waals surface area contributed by atoms with Gasteiger partial charge in [-0.05, 0) is 45.5 Å². The van der Waals surface area contributed by atoms with E-state index >= 15 is 0 Å². The van der Waals surface area contributed by atoms with Crippen LogP contribution in [0.3, 0.4) is 0 Å². The third-order valence-electron chi connectivity index (χ3n) is 4.43. The monoisotopic (exact) mass is 264 g/mol. The summed E-state index contributed by atoms with van der Waals surface area (Å²) in [4.78, 5) is 0. The van der Waals surface area contributed by atoms with Gasteiger partial charge in [0.05, 0.1) is 6.10 Å². The summed E-state index contributed by atoms with van der Waals surface area (Å²) in [6, 6.07) is 16.7. The lowest BCUT2D eigenvalue weighted by Gasteiger charge is -2.28. The minimum atomic E-state index is -0.774. The molecule has 0 saturated heterocycles. The van der Waals surface area contributed by atoms with Gasteiger partial charge in [0.25, 0.3) is 0 Å². The van der Waals surface area contributed by atoms with Crippen LogP contribution >= 0.6 is 0 Å². The van der Waals surface area contributed by atoms with Crippen LogP contribution in [-0.2, 0) is 6.42 Å². The summed E-state index contributed by atoms with van der Waals surface area (Å²) in [5, 5.41) is 24.9. The minimum Gasteiger partial charge on any atom is -0.390 e. The number of aliphatic hydroxyl groups excluding tert-OH is 2. The van der Waals surface area contributed by atoms with E-state index in [0.29, 0.717) is 6.42 Å². The first-order valence-corrected chi connectivity index (χ1v) is 7.05. The third-order valence-corrected chi connectivity index (χ3v) is 4.43. The van der Waals surface area contributed by atoms with Gasteiger partial charge in [-0.15, -0.1) is 0 Å². The third kappa shape index (κ3) is 1.59. The standard InChI is InChI=1S/C18H16O2/c19-16-10-7-12-6-8-14-13-4-2-1-3-11(13)5-9-15(14)17(12)18(16)20/h1-6,8-9,16,18-20H,7,10H2/t16-,18-/m1/s1. The second-order valence-corrected chi connectivity index (χ2v) is 5.57. The fraction of sp³-hybridized carbons (Fsp3) is 0.222. The molecule has 0 saturated carbocycles. The van der Waals surface area contributed by atoms with Crippen LogP contribution in [0.25, 0.3) is 21.5 Å². The second-order valence-electron chi connectivity index (χ2n) is 5.57. The summed E-state index contributed by atoms with van der Waals surface area (Å²) in [5.74, 6) is 0. The highest BCUT2D eigenvalue weighted by molar-refractivity contribution is 6.08. The average Bonchev–Trinajstić information content (AvgIpc) is 2.50. The molecule has 20 heavy (non-hydrogen) atoms. The Kier molecular flexibility index (Phi) is 2.56. The maximum Gasteiger partial charge on any atom is 0.106 e. The molecule has 0 fully saturated rings. The van der Waals surface area contributed by atoms with Gasteiger partial charge in [-0.3, -0.25) is 0 Å². The Morgan fingerprint density at radius 3 is 2.50 bits per heavy atom. The normalized spacial score (nSPS) is 22.1. The summed E-state index contributed by atoms with van der Waals surface area (Å²) in [7, 11) is 0. The lowest BCUT2D eigenvalue weighted by Crippen LogP contribution is -2.25. The number of rotatable bonds is 0. The van der Waals surface area contributed by atoms with Gasteiger partial charge in [0.1, 0.15) is 6.10 Å². The van der Waals surface area contributed by atoms with E-state index in [0.717, 1.165) is 28.3 Å². The smallest absolute Gasteiger partial charge is 0.106 e. The molecule has 3 aromatic carbocycles. The number of hydrogen-bond donors (Lipinski definition) is 2. The summed E-state index contributed by atoms with van der Waals surface area (Å²) >= 11 is 0. The molecule has 1 aliphatic carbocycles. The van der Waals surface area contributed by atoms with E-state index in [1.54, 1.807) is 0 Å². The summed E-state index contributed by atoms with van der Waals surface area (Å²) in [5.41, 5.74) is 2.07. The van der Waals surface area contributed by atoms with Crippen LogP contribution in [-0.4, -0.2) is 16.3 Å². The van der Waals surface area contributed by atoms with Gasteiger partial charge in [-0.2, -0.15) is 0 Å². The molecular weight excluding hydrogens is 248 g/mol. The van der Waals surface area contributed by atoms with Crippen molar-refractivity contribution in [1.82, 2.24) is 0 Å². The highest BCUT2D eigenvalue weighted by atomic mass is 16.3. The van der Waals surface area contributed by atoms with Crippen molar-refractivity contribution in [3.8, 4) is 0 Å². The highest BCUT2D eigenvalue weighted by Crippen LogP contribution is 2.37. The van der Waals surface area contributed by atoms with Gasteiger partial charge in [0, 0.05) is 0 Å². The number of aliphatic hydroxyl groups is 2. The molecule has 0 spiro atoms. The number of benzene rings is 3. The average molecular weight is 264 g/mol. The Hall–Kier alpha value is -1.90. The molecule has 2 heteroatoms. The zero-order valence-electron chi connectivity index (χ0n) is 11.1. The van der Waals surface area contributed by atoms with E-state index in [4.69, 9.17) is 0 Å². The first-order valence-electron chi connectivity index (χ1n) is 7.05. The van der Waals surface area contributed by atoms with E-state index < -0.39 is 12.2 Å². The Balaban J connectivity index is 2.12. The van der Waals surface area contributed by atoms with E-state index in [1.165, 1.54) is 10.8 Å². The molecule has 0 radical (unpaired) electrons. The van der Waals surface area contributed by atoms with Crippen LogP contribution in [0.4, 0.5) is 0 Å². The molecule has 2 atom stereocenters. The predicted octanol–water partition coefficient (Wildman–Crippen LogP) is 3.33. The van der Waals surface area contributed by atoms with E-state index in [-0.39, 0.29) is 0 Å². The minimum absolute atomic E-state index is 0.632. The molecule has 0 aromatic heterocycles. The fourth-order valence-electron chi connectivity index (χ4n) is 3.38. The molecule has 2 N–H and O–H groups in total. The zero-order valence-corrected chi connectivity index (χ0v) is 11.1. The van der Waals surface area contributed by atoms with Crippen LogP contribution in [0.2, 0.25) is 0 Å². The second kappa shape index (κ2) is 4.30. The Morgan fingerprint density at radius 2 is 1.60 bits per heavy atom. The highest BCUT2D eigenvalue weighted by Gasteiger charge is 2.27. The molecule has 0 unspecified atom stereocenters. The van der Waals surface area contributed by atoms with Crippen LogP contribution in [0.5, 0.6) is 0 Å². The first kappa shape index (κ1) is 11.9. The summed E-state index contributed by atoms with van der Waals surface area (Å²) in [6.07, 6.45) is 0.0343. The number of fused-ring (bicyclic) bond motifs is 5. The first-order chi connectivity index (χ1) is 9.75. The summed E-state index contributed by atoms with van der Waals surface area (Å²) < 4.78 is 0. The Bertz CT molecular complexity index is 807. The van der Waals surface area contributed by atoms with Crippen molar-refractivity contribution in [2.45, 2.75) is 25.0 Å². The number of hydrogen-bond acceptors (Lipinski definition) is 2. The van der Waals surface area contributed by atoms with Gasteiger partial charge >= 0.3 is 0 Å². The van der Waals surface area contributed by atoms with E-state index in [2.05, 4.69) is 36.4 Å². The molecule has 4 rings (SSSR count). The van der Waals surface area contributed by atoms with Crippen molar-refractivity contribution < 1.29 is 10.2 Å².